The van der Waals surface area contributed by atoms with Crippen molar-refractivity contribution in [1.82, 2.24) is 0 Å². The minimum absolute atomic E-state index is 0.0143. The summed E-state index contributed by atoms with van der Waals surface area (Å²) in [4.78, 5) is 0. The summed E-state index contributed by atoms with van der Waals surface area (Å²) in [7, 11) is 0. The molecule has 1 saturated carbocycles. The first kappa shape index (κ1) is 8.07. The highest BCUT2D eigenvalue weighted by molar-refractivity contribution is 5.15. The van der Waals surface area contributed by atoms with E-state index in [-0.39, 0.29) is 11.7 Å². The van der Waals surface area contributed by atoms with Crippen LogP contribution in [0.5, 0.6) is 0 Å². The Labute approximate surface area is 73.5 Å². The van der Waals surface area contributed by atoms with E-state index in [0.29, 0.717) is 0 Å². The Bertz CT molecular complexity index is 210. The van der Waals surface area contributed by atoms with E-state index >= 15 is 0 Å². The quantitative estimate of drug-likeness (QED) is 0.559. The first-order chi connectivity index (χ1) is 5.80. The highest BCUT2D eigenvalue weighted by Crippen LogP contribution is 2.49. The molecule has 0 amide bonds. The molecule has 1 aliphatic heterocycles. The number of rotatable bonds is 1. The molecular formula is C10H15NO. The number of epoxide rings is 1. The summed E-state index contributed by atoms with van der Waals surface area (Å²) >= 11 is 0. The molecule has 0 aromatic heterocycles. The second kappa shape index (κ2) is 2.74. The Balaban J connectivity index is 1.89. The number of nitrogens with zero attached hydrogens (tertiary/aromatic N) is 1. The number of ether oxygens (including phenoxy) is 1. The van der Waals surface area contributed by atoms with E-state index in [1.54, 1.807) is 0 Å². The van der Waals surface area contributed by atoms with Gasteiger partial charge in [0.1, 0.15) is 5.60 Å². The molecule has 2 rings (SSSR count). The molecule has 0 bridgehead atoms. The van der Waals surface area contributed by atoms with Crippen molar-refractivity contribution < 1.29 is 4.74 Å². The summed E-state index contributed by atoms with van der Waals surface area (Å²) in [5, 5.41) is 8.67. The zero-order chi connectivity index (χ0) is 8.60. The summed E-state index contributed by atoms with van der Waals surface area (Å²) in [5.41, 5.74) is 0.0143. The van der Waals surface area contributed by atoms with Gasteiger partial charge in [-0.2, -0.15) is 5.26 Å². The molecule has 1 heterocycles. The largest absolute Gasteiger partial charge is 0.350 e. The standard InChI is InChI=1S/C10H15NO/c1-2-8-3-5-10(6-4-8)9(7-11)12-10/h8-9H,2-6H2,1H3. The average molecular weight is 165 g/mol. The normalized spacial score (nSPS) is 45.7. The number of nitriles is 1. The summed E-state index contributed by atoms with van der Waals surface area (Å²) in [6.07, 6.45) is 5.96. The molecule has 0 N–H and O–H groups in total. The van der Waals surface area contributed by atoms with Gasteiger partial charge in [-0.3, -0.25) is 0 Å². The lowest BCUT2D eigenvalue weighted by Gasteiger charge is -2.24. The van der Waals surface area contributed by atoms with Crippen LogP contribution in [0.2, 0.25) is 0 Å². The van der Waals surface area contributed by atoms with E-state index in [4.69, 9.17) is 10.00 Å². The van der Waals surface area contributed by atoms with Crippen LogP contribution >= 0.6 is 0 Å². The van der Waals surface area contributed by atoms with Gasteiger partial charge in [0.25, 0.3) is 0 Å². The number of hydrogen-bond acceptors (Lipinski definition) is 2. The molecule has 1 atom stereocenters. The van der Waals surface area contributed by atoms with Gasteiger partial charge in [0.15, 0.2) is 6.10 Å². The fraction of sp³-hybridized carbons (Fsp3) is 0.900. The minimum Gasteiger partial charge on any atom is -0.350 e. The Morgan fingerprint density at radius 3 is 2.58 bits per heavy atom. The third kappa shape index (κ3) is 1.13. The maximum atomic E-state index is 8.67. The van der Waals surface area contributed by atoms with Gasteiger partial charge >= 0.3 is 0 Å². The van der Waals surface area contributed by atoms with Crippen LogP contribution in [0, 0.1) is 17.2 Å². The molecule has 2 fully saturated rings. The van der Waals surface area contributed by atoms with Crippen molar-refractivity contribution in [2.75, 3.05) is 0 Å². The van der Waals surface area contributed by atoms with Crippen LogP contribution in [0.3, 0.4) is 0 Å². The monoisotopic (exact) mass is 165 g/mol. The maximum absolute atomic E-state index is 8.67. The van der Waals surface area contributed by atoms with E-state index in [0.717, 1.165) is 18.8 Å². The second-order valence-electron chi connectivity index (χ2n) is 4.04. The Kier molecular flexibility index (Phi) is 1.84. The Hall–Kier alpha value is -0.550. The zero-order valence-corrected chi connectivity index (χ0v) is 7.55. The summed E-state index contributed by atoms with van der Waals surface area (Å²) in [6, 6.07) is 2.21. The lowest BCUT2D eigenvalue weighted by molar-refractivity contribution is 0.195. The molecule has 1 saturated heterocycles. The Morgan fingerprint density at radius 2 is 2.17 bits per heavy atom. The molecule has 1 spiro atoms. The van der Waals surface area contributed by atoms with E-state index in [9.17, 15) is 0 Å². The highest BCUT2D eigenvalue weighted by Gasteiger charge is 2.57. The summed E-state index contributed by atoms with van der Waals surface area (Å²) in [6.45, 7) is 2.25. The second-order valence-corrected chi connectivity index (χ2v) is 4.04. The Morgan fingerprint density at radius 1 is 1.50 bits per heavy atom. The first-order valence-corrected chi connectivity index (χ1v) is 4.88. The molecule has 1 unspecified atom stereocenters. The third-order valence-corrected chi connectivity index (χ3v) is 3.42. The van der Waals surface area contributed by atoms with Crippen molar-refractivity contribution in [3.05, 3.63) is 0 Å². The van der Waals surface area contributed by atoms with E-state index < -0.39 is 0 Å². The molecule has 2 heteroatoms. The molecule has 0 radical (unpaired) electrons. The van der Waals surface area contributed by atoms with Gasteiger partial charge in [-0.1, -0.05) is 13.3 Å². The number of hydrogen-bond donors (Lipinski definition) is 0. The van der Waals surface area contributed by atoms with Gasteiger partial charge in [0, 0.05) is 0 Å². The van der Waals surface area contributed by atoms with Crippen molar-refractivity contribution in [1.29, 1.82) is 5.26 Å². The van der Waals surface area contributed by atoms with Crippen LogP contribution in [0.1, 0.15) is 39.0 Å². The molecule has 1 aliphatic carbocycles. The van der Waals surface area contributed by atoms with Crippen molar-refractivity contribution in [2.24, 2.45) is 5.92 Å². The third-order valence-electron chi connectivity index (χ3n) is 3.42. The van der Waals surface area contributed by atoms with E-state index in [1.165, 1.54) is 19.3 Å². The van der Waals surface area contributed by atoms with Gasteiger partial charge in [-0.25, -0.2) is 0 Å². The van der Waals surface area contributed by atoms with Crippen molar-refractivity contribution in [2.45, 2.75) is 50.7 Å². The highest BCUT2D eigenvalue weighted by atomic mass is 16.6. The van der Waals surface area contributed by atoms with Gasteiger partial charge in [0.05, 0.1) is 6.07 Å². The van der Waals surface area contributed by atoms with E-state index in [2.05, 4.69) is 13.0 Å². The van der Waals surface area contributed by atoms with Crippen LogP contribution in [-0.4, -0.2) is 11.7 Å². The molecule has 2 nitrogen and oxygen atoms in total. The van der Waals surface area contributed by atoms with Crippen LogP contribution in [-0.2, 0) is 4.74 Å². The van der Waals surface area contributed by atoms with Crippen LogP contribution in [0.15, 0.2) is 0 Å². The van der Waals surface area contributed by atoms with Gasteiger partial charge in [-0.05, 0) is 31.6 Å². The molecule has 2 aliphatic rings. The smallest absolute Gasteiger partial charge is 0.173 e. The van der Waals surface area contributed by atoms with E-state index in [1.807, 2.05) is 0 Å². The molecule has 0 aromatic carbocycles. The van der Waals surface area contributed by atoms with Gasteiger partial charge < -0.3 is 4.74 Å². The summed E-state index contributed by atoms with van der Waals surface area (Å²) < 4.78 is 5.43. The van der Waals surface area contributed by atoms with Gasteiger partial charge in [-0.15, -0.1) is 0 Å². The summed E-state index contributed by atoms with van der Waals surface area (Å²) in [5.74, 6) is 0.888. The zero-order valence-electron chi connectivity index (χ0n) is 7.55. The van der Waals surface area contributed by atoms with Crippen molar-refractivity contribution in [3.8, 4) is 6.07 Å². The average Bonchev–Trinajstić information content (AvgIpc) is 2.81. The SMILES string of the molecule is CCC1CCC2(CC1)OC2C#N. The maximum Gasteiger partial charge on any atom is 0.173 e. The molecule has 12 heavy (non-hydrogen) atoms. The van der Waals surface area contributed by atoms with Crippen LogP contribution < -0.4 is 0 Å². The van der Waals surface area contributed by atoms with Crippen LogP contribution in [0.25, 0.3) is 0 Å². The van der Waals surface area contributed by atoms with Gasteiger partial charge in [0.2, 0.25) is 0 Å². The molecule has 66 valence electrons. The van der Waals surface area contributed by atoms with Crippen molar-refractivity contribution in [3.63, 3.8) is 0 Å². The first-order valence-electron chi connectivity index (χ1n) is 4.88. The molecule has 0 aromatic rings. The predicted molar refractivity (Wildman–Crippen MR) is 45.5 cm³/mol. The topological polar surface area (TPSA) is 36.3 Å². The lowest BCUT2D eigenvalue weighted by Crippen LogP contribution is -2.23. The fourth-order valence-corrected chi connectivity index (χ4v) is 2.30. The lowest BCUT2D eigenvalue weighted by atomic mass is 9.79. The predicted octanol–water partition coefficient (Wildman–Crippen LogP) is 2.25. The molecular weight excluding hydrogens is 150 g/mol. The fourth-order valence-electron chi connectivity index (χ4n) is 2.30. The van der Waals surface area contributed by atoms with Crippen molar-refractivity contribution >= 4 is 0 Å². The van der Waals surface area contributed by atoms with Crippen LogP contribution in [0.4, 0.5) is 0 Å². The minimum atomic E-state index is -0.0738.